The molecule has 1 aromatic rings. The molecule has 160 valence electrons. The number of aliphatic hydroxyl groups is 4. The lowest BCUT2D eigenvalue weighted by Crippen LogP contribution is -2.64. The Morgan fingerprint density at radius 2 is 1.79 bits per heavy atom. The van der Waals surface area contributed by atoms with Gasteiger partial charge in [0, 0.05) is 19.8 Å². The lowest BCUT2D eigenvalue weighted by Gasteiger charge is -2.40. The van der Waals surface area contributed by atoms with Crippen molar-refractivity contribution in [2.45, 2.75) is 37.6 Å². The maximum atomic E-state index is 12.8. The zero-order chi connectivity index (χ0) is 21.9. The van der Waals surface area contributed by atoms with E-state index in [-0.39, 0.29) is 5.57 Å². The maximum Gasteiger partial charge on any atom is 0.251 e. The number of aliphatic hydroxyl groups excluding tert-OH is 4. The first-order valence-corrected chi connectivity index (χ1v) is 10.2. The minimum absolute atomic E-state index is 0.166. The van der Waals surface area contributed by atoms with Gasteiger partial charge in [0.15, 0.2) is 11.2 Å². The number of rotatable bonds is 6. The van der Waals surface area contributed by atoms with Crippen molar-refractivity contribution in [1.82, 2.24) is 4.72 Å². The van der Waals surface area contributed by atoms with Gasteiger partial charge in [0.2, 0.25) is 0 Å². The fourth-order valence-corrected chi connectivity index (χ4v) is 4.32. The van der Waals surface area contributed by atoms with Crippen LogP contribution in [-0.4, -0.2) is 80.2 Å². The first-order chi connectivity index (χ1) is 13.5. The Labute approximate surface area is 169 Å². The van der Waals surface area contributed by atoms with Crippen LogP contribution >= 0.6 is 0 Å². The van der Waals surface area contributed by atoms with E-state index in [0.717, 1.165) is 5.69 Å². The Hall–Kier alpha value is -2.04. The van der Waals surface area contributed by atoms with E-state index in [4.69, 9.17) is 9.84 Å². The molecule has 2 rings (SSSR count). The molecule has 0 radical (unpaired) electrons. The number of ether oxygens (including phenoxy) is 1. The van der Waals surface area contributed by atoms with Crippen molar-refractivity contribution in [3.05, 3.63) is 34.7 Å². The number of nitrogens with zero attached hydrogens (tertiary/aromatic N) is 2. The number of sulfonamides is 1. The first kappa shape index (κ1) is 23.2. The van der Waals surface area contributed by atoms with Crippen LogP contribution < -0.4 is 9.62 Å². The molecule has 1 saturated heterocycles. The number of nitrogens with one attached hydrogen (secondary N) is 1. The fraction of sp³-hybridized carbons (Fsp3) is 0.500. The third-order valence-corrected chi connectivity index (χ3v) is 6.24. The van der Waals surface area contributed by atoms with E-state index in [1.54, 1.807) is 30.3 Å². The summed E-state index contributed by atoms with van der Waals surface area (Å²) < 4.78 is 32.5. The molecule has 0 saturated carbocycles. The van der Waals surface area contributed by atoms with Crippen LogP contribution in [0, 0.1) is 11.3 Å². The van der Waals surface area contributed by atoms with Crippen molar-refractivity contribution in [2.24, 2.45) is 0 Å². The summed E-state index contributed by atoms with van der Waals surface area (Å²) in [6.45, 7) is 0.781. The van der Waals surface area contributed by atoms with E-state index in [1.165, 1.54) is 6.92 Å². The smallest absolute Gasteiger partial charge is 0.251 e. The number of anilines is 1. The highest BCUT2D eigenvalue weighted by molar-refractivity contribution is 7.93. The van der Waals surface area contributed by atoms with Crippen LogP contribution in [0.4, 0.5) is 5.69 Å². The van der Waals surface area contributed by atoms with Crippen molar-refractivity contribution >= 4 is 21.3 Å². The van der Waals surface area contributed by atoms with Gasteiger partial charge in [-0.25, -0.2) is 8.42 Å². The van der Waals surface area contributed by atoms with Gasteiger partial charge in [-0.3, -0.25) is 0 Å². The highest BCUT2D eigenvalue weighted by Crippen LogP contribution is 2.26. The van der Waals surface area contributed by atoms with Gasteiger partial charge in [0.1, 0.15) is 30.4 Å². The Bertz CT molecular complexity index is 893. The number of allylic oxidation sites excluding steroid dienone is 2. The largest absolute Gasteiger partial charge is 0.394 e. The van der Waals surface area contributed by atoms with Gasteiger partial charge in [-0.2, -0.15) is 9.98 Å². The monoisotopic (exact) mass is 427 g/mol. The van der Waals surface area contributed by atoms with Crippen molar-refractivity contribution in [3.63, 3.8) is 0 Å². The van der Waals surface area contributed by atoms with Crippen molar-refractivity contribution < 1.29 is 33.6 Å². The van der Waals surface area contributed by atoms with Crippen LogP contribution in [0.15, 0.2) is 29.2 Å². The van der Waals surface area contributed by atoms with Gasteiger partial charge in [-0.05, 0) is 30.2 Å². The van der Waals surface area contributed by atoms with Gasteiger partial charge in [-0.15, -0.1) is 0 Å². The van der Waals surface area contributed by atoms with E-state index < -0.39 is 52.2 Å². The second-order valence-corrected chi connectivity index (χ2v) is 8.53. The molecule has 1 heterocycles. The van der Waals surface area contributed by atoms with Crippen LogP contribution in [-0.2, 0) is 14.8 Å². The van der Waals surface area contributed by atoms with Gasteiger partial charge in [-0.1, -0.05) is 12.1 Å². The predicted octanol–water partition coefficient (Wildman–Crippen LogP) is -1.27. The zero-order valence-corrected chi connectivity index (χ0v) is 17.0. The number of benzene rings is 1. The molecular weight excluding hydrogens is 402 g/mol. The molecule has 1 aromatic carbocycles. The summed E-state index contributed by atoms with van der Waals surface area (Å²) in [6.07, 6.45) is -6.50. The quantitative estimate of drug-likeness (QED) is 0.348. The molecular formula is C18H25N3O7S. The molecule has 1 fully saturated rings. The van der Waals surface area contributed by atoms with Crippen LogP contribution in [0.25, 0.3) is 5.57 Å². The summed E-state index contributed by atoms with van der Waals surface area (Å²) in [6, 6.07) is 6.87. The first-order valence-electron chi connectivity index (χ1n) is 8.75. The molecule has 0 aliphatic carbocycles. The molecule has 10 nitrogen and oxygen atoms in total. The summed E-state index contributed by atoms with van der Waals surface area (Å²) in [5.74, 6) is 0. The molecule has 29 heavy (non-hydrogen) atoms. The minimum atomic E-state index is -4.47. The summed E-state index contributed by atoms with van der Waals surface area (Å²) in [5.41, 5.74) is 1.55. The summed E-state index contributed by atoms with van der Waals surface area (Å²) >= 11 is 0. The van der Waals surface area contributed by atoms with E-state index >= 15 is 0 Å². The topological polar surface area (TPSA) is 163 Å². The van der Waals surface area contributed by atoms with Crippen LogP contribution in [0.1, 0.15) is 12.5 Å². The van der Waals surface area contributed by atoms with Crippen molar-refractivity contribution in [2.75, 3.05) is 25.6 Å². The number of nitriles is 1. The summed E-state index contributed by atoms with van der Waals surface area (Å²) in [5, 5.41) is 48.6. The third-order valence-electron chi connectivity index (χ3n) is 4.72. The molecule has 0 bridgehead atoms. The summed E-state index contributed by atoms with van der Waals surface area (Å²) in [7, 11) is -0.770. The molecule has 0 amide bonds. The predicted molar refractivity (Wildman–Crippen MR) is 105 cm³/mol. The SMILES string of the molecule is CC(=C(C#N)S(=O)(=O)NC1C(O)OC(CO)C(O)C1O)c1ccc(N(C)C)cc1. The van der Waals surface area contributed by atoms with Crippen LogP contribution in [0.2, 0.25) is 0 Å². The Kier molecular flexibility index (Phi) is 7.36. The molecule has 5 atom stereocenters. The third kappa shape index (κ3) is 4.93. The average Bonchev–Trinajstić information content (AvgIpc) is 2.68. The highest BCUT2D eigenvalue weighted by atomic mass is 32.2. The Balaban J connectivity index is 2.34. The van der Waals surface area contributed by atoms with Crippen molar-refractivity contribution in [3.8, 4) is 6.07 Å². The van der Waals surface area contributed by atoms with E-state index in [0.29, 0.717) is 5.56 Å². The lowest BCUT2D eigenvalue weighted by atomic mass is 9.98. The van der Waals surface area contributed by atoms with Gasteiger partial charge in [0.25, 0.3) is 10.0 Å². The second kappa shape index (κ2) is 9.19. The number of hydrogen-bond acceptors (Lipinski definition) is 9. The van der Waals surface area contributed by atoms with Crippen LogP contribution in [0.5, 0.6) is 0 Å². The van der Waals surface area contributed by atoms with Gasteiger partial charge >= 0.3 is 0 Å². The maximum absolute atomic E-state index is 12.8. The van der Waals surface area contributed by atoms with Crippen LogP contribution in [0.3, 0.4) is 0 Å². The normalized spacial score (nSPS) is 28.4. The zero-order valence-electron chi connectivity index (χ0n) is 16.2. The molecule has 1 aliphatic rings. The average molecular weight is 427 g/mol. The Morgan fingerprint density at radius 1 is 1.21 bits per heavy atom. The lowest BCUT2D eigenvalue weighted by molar-refractivity contribution is -0.251. The molecule has 1 aliphatic heterocycles. The van der Waals surface area contributed by atoms with E-state index in [9.17, 15) is 29.0 Å². The fourth-order valence-electron chi connectivity index (χ4n) is 2.95. The second-order valence-electron chi connectivity index (χ2n) is 6.88. The number of hydrogen-bond donors (Lipinski definition) is 5. The molecule has 5 N–H and O–H groups in total. The Morgan fingerprint density at radius 3 is 2.28 bits per heavy atom. The standard InChI is InChI=1S/C18H25N3O7S/c1-10(11-4-6-12(7-5-11)21(2)3)14(8-19)29(26,27)20-15-17(24)16(23)13(9-22)28-18(15)25/h4-7,13,15-18,20,22-25H,9H2,1-3H3. The van der Waals surface area contributed by atoms with Gasteiger partial charge < -0.3 is 30.1 Å². The van der Waals surface area contributed by atoms with Gasteiger partial charge in [0.05, 0.1) is 6.61 Å². The molecule has 0 spiro atoms. The molecule has 5 unspecified atom stereocenters. The minimum Gasteiger partial charge on any atom is -0.394 e. The van der Waals surface area contributed by atoms with Crippen molar-refractivity contribution in [1.29, 1.82) is 5.26 Å². The van der Waals surface area contributed by atoms with E-state index in [1.807, 2.05) is 23.7 Å². The molecule has 11 heteroatoms. The highest BCUT2D eigenvalue weighted by Gasteiger charge is 2.45. The summed E-state index contributed by atoms with van der Waals surface area (Å²) in [4.78, 5) is 1.26. The van der Waals surface area contributed by atoms with E-state index in [2.05, 4.69) is 0 Å². The molecule has 0 aromatic heterocycles.